The molecule has 0 amide bonds. The molecule has 2 heteroatoms. The zero-order valence-electron chi connectivity index (χ0n) is 15.8. The number of rotatable bonds is 3. The van der Waals surface area contributed by atoms with Crippen LogP contribution in [0.25, 0.3) is 0 Å². The van der Waals surface area contributed by atoms with E-state index in [4.69, 9.17) is 5.26 Å². The van der Waals surface area contributed by atoms with Crippen molar-refractivity contribution in [1.29, 1.82) is 5.26 Å². The standard InChI is InChI=1S/C23H31NO/c1-22-13-11-21-19(20(22)9-7-16(22)5-3-4-14-24)8-6-17-15-18(25)10-12-23(17,21)2/h6,8,15-16,19-21H,3-5,7,9-13H2,1-2H3/t16-,19-,20-,21-,22+,23-/m0/s1. The molecule has 134 valence electrons. The Hall–Kier alpha value is -1.36. The van der Waals surface area contributed by atoms with Crippen molar-refractivity contribution in [2.24, 2.45) is 34.5 Å². The molecule has 2 fully saturated rings. The summed E-state index contributed by atoms with van der Waals surface area (Å²) in [7, 11) is 0. The van der Waals surface area contributed by atoms with Crippen molar-refractivity contribution < 1.29 is 4.79 Å². The number of carbonyl (C=O) groups excluding carboxylic acids is 1. The van der Waals surface area contributed by atoms with E-state index in [-0.39, 0.29) is 5.41 Å². The van der Waals surface area contributed by atoms with Gasteiger partial charge in [0.05, 0.1) is 6.07 Å². The SMILES string of the molecule is C[C@]12CC[C@H]3[C@@H](C=CC4=CC(=O)CC[C@@]43C)[C@@H]1CC[C@@H]2CCCC#N. The van der Waals surface area contributed by atoms with Gasteiger partial charge in [-0.2, -0.15) is 5.26 Å². The molecule has 0 saturated heterocycles. The fourth-order valence-corrected chi connectivity index (χ4v) is 7.01. The molecule has 0 radical (unpaired) electrons. The molecule has 0 aromatic rings. The van der Waals surface area contributed by atoms with E-state index in [1.54, 1.807) is 0 Å². The van der Waals surface area contributed by atoms with Gasteiger partial charge in [-0.3, -0.25) is 4.79 Å². The number of nitrogens with zero attached hydrogens (tertiary/aromatic N) is 1. The highest BCUT2D eigenvalue weighted by molar-refractivity contribution is 5.92. The van der Waals surface area contributed by atoms with Crippen LogP contribution in [-0.2, 0) is 4.79 Å². The zero-order valence-corrected chi connectivity index (χ0v) is 15.8. The van der Waals surface area contributed by atoms with E-state index in [2.05, 4.69) is 32.1 Å². The first-order chi connectivity index (χ1) is 12.0. The summed E-state index contributed by atoms with van der Waals surface area (Å²) in [6.45, 7) is 4.97. The van der Waals surface area contributed by atoms with Crippen LogP contribution in [0, 0.1) is 45.8 Å². The van der Waals surface area contributed by atoms with Crippen molar-refractivity contribution in [3.05, 3.63) is 23.8 Å². The van der Waals surface area contributed by atoms with Gasteiger partial charge in [-0.1, -0.05) is 26.0 Å². The molecule has 4 aliphatic carbocycles. The number of unbranched alkanes of at least 4 members (excludes halogenated alkanes) is 1. The Morgan fingerprint density at radius 2 is 2.04 bits per heavy atom. The summed E-state index contributed by atoms with van der Waals surface area (Å²) in [5, 5.41) is 8.86. The van der Waals surface area contributed by atoms with E-state index in [0.29, 0.717) is 29.5 Å². The largest absolute Gasteiger partial charge is 0.295 e. The predicted octanol–water partition coefficient (Wildman–Crippen LogP) is 5.60. The van der Waals surface area contributed by atoms with Crippen molar-refractivity contribution >= 4 is 5.78 Å². The molecule has 0 aromatic heterocycles. The fourth-order valence-electron chi connectivity index (χ4n) is 7.01. The van der Waals surface area contributed by atoms with E-state index in [1.165, 1.54) is 37.7 Å². The second-order valence-electron chi connectivity index (χ2n) is 9.50. The van der Waals surface area contributed by atoms with Crippen LogP contribution in [0.15, 0.2) is 23.8 Å². The van der Waals surface area contributed by atoms with Gasteiger partial charge in [0.1, 0.15) is 0 Å². The summed E-state index contributed by atoms with van der Waals surface area (Å²) in [6, 6.07) is 2.32. The molecular formula is C23H31NO. The minimum atomic E-state index is 0.216. The van der Waals surface area contributed by atoms with Gasteiger partial charge in [0.15, 0.2) is 5.78 Å². The lowest BCUT2D eigenvalue weighted by molar-refractivity contribution is -0.116. The number of hydrogen-bond acceptors (Lipinski definition) is 2. The van der Waals surface area contributed by atoms with Crippen LogP contribution in [0.2, 0.25) is 0 Å². The summed E-state index contributed by atoms with van der Waals surface area (Å²) in [6.07, 6.45) is 16.8. The molecule has 4 rings (SSSR count). The lowest BCUT2D eigenvalue weighted by atomic mass is 9.48. The quantitative estimate of drug-likeness (QED) is 0.629. The molecule has 2 nitrogen and oxygen atoms in total. The maximum Gasteiger partial charge on any atom is 0.156 e. The van der Waals surface area contributed by atoms with Gasteiger partial charge in [0.2, 0.25) is 0 Å². The minimum Gasteiger partial charge on any atom is -0.295 e. The molecule has 25 heavy (non-hydrogen) atoms. The molecular weight excluding hydrogens is 306 g/mol. The molecule has 6 atom stereocenters. The number of carbonyl (C=O) groups is 1. The maximum absolute atomic E-state index is 11.9. The number of ketones is 1. The van der Waals surface area contributed by atoms with Gasteiger partial charge in [-0.05, 0) is 91.1 Å². The average Bonchev–Trinajstić information content (AvgIpc) is 2.92. The highest BCUT2D eigenvalue weighted by Gasteiger charge is 2.57. The topological polar surface area (TPSA) is 40.9 Å². The third kappa shape index (κ3) is 2.54. The summed E-state index contributed by atoms with van der Waals surface area (Å²) in [4.78, 5) is 11.9. The van der Waals surface area contributed by atoms with E-state index in [0.717, 1.165) is 31.1 Å². The van der Waals surface area contributed by atoms with Gasteiger partial charge >= 0.3 is 0 Å². The summed E-state index contributed by atoms with van der Waals surface area (Å²) in [5.41, 5.74) is 1.98. The Balaban J connectivity index is 1.60. The maximum atomic E-state index is 11.9. The molecule has 0 aliphatic heterocycles. The van der Waals surface area contributed by atoms with Gasteiger partial charge in [0, 0.05) is 12.8 Å². The average molecular weight is 338 g/mol. The van der Waals surface area contributed by atoms with E-state index >= 15 is 0 Å². The normalized spacial score (nSPS) is 45.2. The second kappa shape index (κ2) is 6.11. The Morgan fingerprint density at radius 1 is 1.20 bits per heavy atom. The molecule has 0 spiro atoms. The summed E-state index contributed by atoms with van der Waals surface area (Å²) in [5.74, 6) is 3.32. The van der Waals surface area contributed by atoms with Gasteiger partial charge in [0.25, 0.3) is 0 Å². The zero-order chi connectivity index (χ0) is 17.7. The lowest BCUT2D eigenvalue weighted by Crippen LogP contribution is -2.48. The van der Waals surface area contributed by atoms with Crippen LogP contribution in [0.1, 0.15) is 71.6 Å². The van der Waals surface area contributed by atoms with E-state index < -0.39 is 0 Å². The van der Waals surface area contributed by atoms with Crippen LogP contribution in [0.5, 0.6) is 0 Å². The van der Waals surface area contributed by atoms with Crippen molar-refractivity contribution in [3.8, 4) is 6.07 Å². The Kier molecular flexibility index (Phi) is 4.18. The highest BCUT2D eigenvalue weighted by atomic mass is 16.1. The van der Waals surface area contributed by atoms with E-state index in [1.807, 2.05) is 6.08 Å². The molecule has 2 saturated carbocycles. The monoisotopic (exact) mass is 337 g/mol. The molecule has 4 aliphatic rings. The first-order valence-corrected chi connectivity index (χ1v) is 10.3. The summed E-state index contributed by atoms with van der Waals surface area (Å²) >= 11 is 0. The molecule has 0 unspecified atom stereocenters. The van der Waals surface area contributed by atoms with Crippen LogP contribution in [0.4, 0.5) is 0 Å². The number of allylic oxidation sites excluding steroid dienone is 4. The van der Waals surface area contributed by atoms with Crippen LogP contribution < -0.4 is 0 Å². The third-order valence-corrected chi connectivity index (χ3v) is 8.55. The van der Waals surface area contributed by atoms with Crippen molar-refractivity contribution in [1.82, 2.24) is 0 Å². The first-order valence-electron chi connectivity index (χ1n) is 10.3. The minimum absolute atomic E-state index is 0.216. The first kappa shape index (κ1) is 17.1. The molecule has 0 bridgehead atoms. The fraction of sp³-hybridized carbons (Fsp3) is 0.739. The Labute approximate surface area is 152 Å². The van der Waals surface area contributed by atoms with Crippen molar-refractivity contribution in [2.45, 2.75) is 71.6 Å². The van der Waals surface area contributed by atoms with Crippen LogP contribution >= 0.6 is 0 Å². The molecule has 0 heterocycles. The van der Waals surface area contributed by atoms with Crippen molar-refractivity contribution in [2.75, 3.05) is 0 Å². The smallest absolute Gasteiger partial charge is 0.156 e. The van der Waals surface area contributed by atoms with Gasteiger partial charge in [-0.15, -0.1) is 0 Å². The lowest BCUT2D eigenvalue weighted by Gasteiger charge is -2.56. The summed E-state index contributed by atoms with van der Waals surface area (Å²) < 4.78 is 0. The number of nitriles is 1. The second-order valence-corrected chi connectivity index (χ2v) is 9.50. The predicted molar refractivity (Wildman–Crippen MR) is 99.6 cm³/mol. The Bertz CT molecular complexity index is 668. The van der Waals surface area contributed by atoms with Crippen molar-refractivity contribution in [3.63, 3.8) is 0 Å². The Morgan fingerprint density at radius 3 is 2.84 bits per heavy atom. The number of hydrogen-bond donors (Lipinski definition) is 0. The van der Waals surface area contributed by atoms with E-state index in [9.17, 15) is 4.79 Å². The van der Waals surface area contributed by atoms with Gasteiger partial charge < -0.3 is 0 Å². The molecule has 0 aromatic carbocycles. The highest BCUT2D eigenvalue weighted by Crippen LogP contribution is 2.65. The number of fused-ring (bicyclic) bond motifs is 5. The van der Waals surface area contributed by atoms with Crippen LogP contribution in [-0.4, -0.2) is 5.78 Å². The van der Waals surface area contributed by atoms with Crippen LogP contribution in [0.3, 0.4) is 0 Å². The molecule has 0 N–H and O–H groups in total. The third-order valence-electron chi connectivity index (χ3n) is 8.55. The van der Waals surface area contributed by atoms with Gasteiger partial charge in [-0.25, -0.2) is 0 Å².